The third-order valence-corrected chi connectivity index (χ3v) is 5.34. The summed E-state index contributed by atoms with van der Waals surface area (Å²) in [6.07, 6.45) is -4.20. The molecule has 9 heteroatoms. The summed E-state index contributed by atoms with van der Waals surface area (Å²) in [4.78, 5) is 10.6. The topological polar surface area (TPSA) is 80.7 Å². The van der Waals surface area contributed by atoms with E-state index in [1.54, 1.807) is 12.1 Å². The molecule has 1 saturated carbocycles. The lowest BCUT2D eigenvalue weighted by Gasteiger charge is -2.12. The van der Waals surface area contributed by atoms with Crippen molar-refractivity contribution in [3.05, 3.63) is 59.7 Å². The molecule has 1 aliphatic rings. The van der Waals surface area contributed by atoms with Gasteiger partial charge in [0.05, 0.1) is 11.5 Å². The zero-order chi connectivity index (χ0) is 19.1. The van der Waals surface area contributed by atoms with E-state index in [4.69, 9.17) is 9.29 Å². The van der Waals surface area contributed by atoms with Crippen LogP contribution in [0, 0.1) is 5.92 Å². The molecule has 0 aliphatic heterocycles. The van der Waals surface area contributed by atoms with Gasteiger partial charge >= 0.3 is 22.3 Å². The van der Waals surface area contributed by atoms with Crippen molar-refractivity contribution >= 4 is 16.1 Å². The van der Waals surface area contributed by atoms with Crippen LogP contribution in [0.2, 0.25) is 0 Å². The summed E-state index contributed by atoms with van der Waals surface area (Å²) in [5.74, 6) is -1.96. The normalized spacial score (nSPS) is 19.8. The molecule has 2 aromatic rings. The molecule has 0 amide bonds. The van der Waals surface area contributed by atoms with Crippen molar-refractivity contribution in [3.8, 4) is 5.75 Å². The minimum atomic E-state index is -4.58. The van der Waals surface area contributed by atoms with Crippen molar-refractivity contribution < 1.29 is 35.7 Å². The van der Waals surface area contributed by atoms with Gasteiger partial charge < -0.3 is 9.29 Å². The Hall–Kier alpha value is -2.55. The molecule has 0 saturated heterocycles. The minimum Gasteiger partial charge on any atom is -0.481 e. The van der Waals surface area contributed by atoms with Crippen molar-refractivity contribution in [1.82, 2.24) is 0 Å². The SMILES string of the molecule is O=C(O)C1CC1c1ccccc1OS(=O)(=O)c1ccc(C(F)(F)F)cc1. The number of benzene rings is 2. The summed E-state index contributed by atoms with van der Waals surface area (Å²) in [7, 11) is -4.36. The Balaban J connectivity index is 1.86. The van der Waals surface area contributed by atoms with E-state index in [0.717, 1.165) is 12.1 Å². The Morgan fingerprint density at radius 2 is 1.69 bits per heavy atom. The van der Waals surface area contributed by atoms with Crippen LogP contribution in [-0.4, -0.2) is 19.5 Å². The van der Waals surface area contributed by atoms with Gasteiger partial charge in [0.2, 0.25) is 0 Å². The van der Waals surface area contributed by atoms with Gasteiger partial charge in [-0.2, -0.15) is 21.6 Å². The first-order chi connectivity index (χ1) is 12.1. The molecule has 2 unspecified atom stereocenters. The first-order valence-corrected chi connectivity index (χ1v) is 8.94. The molecule has 0 bridgehead atoms. The van der Waals surface area contributed by atoms with Gasteiger partial charge in [-0.05, 0) is 42.3 Å². The third kappa shape index (κ3) is 3.67. The first-order valence-electron chi connectivity index (χ1n) is 7.53. The highest BCUT2D eigenvalue weighted by molar-refractivity contribution is 7.87. The Labute approximate surface area is 147 Å². The lowest BCUT2D eigenvalue weighted by Crippen LogP contribution is -2.12. The molecule has 138 valence electrons. The van der Waals surface area contributed by atoms with E-state index in [1.165, 1.54) is 12.1 Å². The zero-order valence-corrected chi connectivity index (χ0v) is 13.9. The number of hydrogen-bond donors (Lipinski definition) is 1. The highest BCUT2D eigenvalue weighted by Crippen LogP contribution is 2.50. The van der Waals surface area contributed by atoms with Crippen LogP contribution in [0.1, 0.15) is 23.5 Å². The molecule has 1 aliphatic carbocycles. The van der Waals surface area contributed by atoms with Crippen LogP contribution in [0.3, 0.4) is 0 Å². The van der Waals surface area contributed by atoms with E-state index < -0.39 is 38.6 Å². The quantitative estimate of drug-likeness (QED) is 0.794. The van der Waals surface area contributed by atoms with Gasteiger partial charge in [0.1, 0.15) is 10.6 Å². The molecule has 2 atom stereocenters. The summed E-state index contributed by atoms with van der Waals surface area (Å²) < 4.78 is 67.5. The smallest absolute Gasteiger partial charge is 0.416 e. The Kier molecular flexibility index (Phi) is 4.43. The van der Waals surface area contributed by atoms with Gasteiger partial charge in [0.15, 0.2) is 0 Å². The summed E-state index contributed by atoms with van der Waals surface area (Å²) in [6, 6.07) is 9.06. The Morgan fingerprint density at radius 3 is 2.23 bits per heavy atom. The highest BCUT2D eigenvalue weighted by Gasteiger charge is 2.45. The number of carboxylic acids is 1. The summed E-state index contributed by atoms with van der Waals surface area (Å²) >= 11 is 0. The van der Waals surface area contributed by atoms with Gasteiger partial charge in [-0.3, -0.25) is 4.79 Å². The lowest BCUT2D eigenvalue weighted by atomic mass is 10.1. The molecule has 2 aromatic carbocycles. The fourth-order valence-electron chi connectivity index (χ4n) is 2.65. The maximum atomic E-state index is 12.6. The second kappa shape index (κ2) is 6.31. The zero-order valence-electron chi connectivity index (χ0n) is 13.1. The average Bonchev–Trinajstić information content (AvgIpc) is 3.35. The van der Waals surface area contributed by atoms with Crippen molar-refractivity contribution in [2.45, 2.75) is 23.4 Å². The van der Waals surface area contributed by atoms with Crippen molar-refractivity contribution in [2.24, 2.45) is 5.92 Å². The molecule has 0 heterocycles. The molecule has 26 heavy (non-hydrogen) atoms. The predicted molar refractivity (Wildman–Crippen MR) is 84.2 cm³/mol. The number of aliphatic carboxylic acids is 1. The van der Waals surface area contributed by atoms with Gasteiger partial charge in [-0.1, -0.05) is 18.2 Å². The van der Waals surface area contributed by atoms with E-state index in [0.29, 0.717) is 24.1 Å². The molecule has 3 rings (SSSR count). The summed E-state index contributed by atoms with van der Waals surface area (Å²) in [5.41, 5.74) is -0.533. The maximum Gasteiger partial charge on any atom is 0.416 e. The van der Waals surface area contributed by atoms with E-state index >= 15 is 0 Å². The number of para-hydroxylation sites is 1. The van der Waals surface area contributed by atoms with E-state index in [2.05, 4.69) is 0 Å². The Bertz CT molecular complexity index is 936. The molecule has 1 N–H and O–H groups in total. The van der Waals surface area contributed by atoms with E-state index in [9.17, 15) is 26.4 Å². The summed E-state index contributed by atoms with van der Waals surface area (Å²) in [5, 5.41) is 9.03. The van der Waals surface area contributed by atoms with Crippen LogP contribution < -0.4 is 4.18 Å². The van der Waals surface area contributed by atoms with E-state index in [-0.39, 0.29) is 11.7 Å². The van der Waals surface area contributed by atoms with Gasteiger partial charge in [0, 0.05) is 5.92 Å². The van der Waals surface area contributed by atoms with E-state index in [1.807, 2.05) is 0 Å². The first kappa shape index (κ1) is 18.2. The fourth-order valence-corrected chi connectivity index (χ4v) is 3.61. The van der Waals surface area contributed by atoms with Gasteiger partial charge in [-0.25, -0.2) is 0 Å². The molecule has 1 fully saturated rings. The largest absolute Gasteiger partial charge is 0.481 e. The number of hydrogen-bond acceptors (Lipinski definition) is 4. The molecule has 0 aromatic heterocycles. The van der Waals surface area contributed by atoms with Gasteiger partial charge in [-0.15, -0.1) is 0 Å². The monoisotopic (exact) mass is 386 g/mol. The van der Waals surface area contributed by atoms with Gasteiger partial charge in [0.25, 0.3) is 0 Å². The van der Waals surface area contributed by atoms with Crippen molar-refractivity contribution in [2.75, 3.05) is 0 Å². The Morgan fingerprint density at radius 1 is 1.08 bits per heavy atom. The number of rotatable bonds is 5. The maximum absolute atomic E-state index is 12.6. The molecule has 0 spiro atoms. The van der Waals surface area contributed by atoms with Crippen LogP contribution in [-0.2, 0) is 21.1 Å². The van der Waals surface area contributed by atoms with Crippen LogP contribution in [0.25, 0.3) is 0 Å². The van der Waals surface area contributed by atoms with Crippen molar-refractivity contribution in [1.29, 1.82) is 0 Å². The standard InChI is InChI=1S/C17H13F3O5S/c18-17(19,20)10-5-7-11(8-6-10)26(23,24)25-15-4-2-1-3-12(15)13-9-14(13)16(21)22/h1-8,13-14H,9H2,(H,21,22). The lowest BCUT2D eigenvalue weighted by molar-refractivity contribution is -0.139. The van der Waals surface area contributed by atoms with Crippen LogP contribution in [0.4, 0.5) is 13.2 Å². The molecule has 0 radical (unpaired) electrons. The van der Waals surface area contributed by atoms with Crippen LogP contribution in [0.5, 0.6) is 5.75 Å². The number of carbonyl (C=O) groups is 1. The average molecular weight is 386 g/mol. The molecular formula is C17H13F3O5S. The molecule has 5 nitrogen and oxygen atoms in total. The third-order valence-electron chi connectivity index (χ3n) is 4.10. The number of carboxylic acid groups (broad SMARTS) is 1. The second-order valence-corrected chi connectivity index (χ2v) is 7.43. The predicted octanol–water partition coefficient (Wildman–Crippen LogP) is 3.66. The number of halogens is 3. The minimum absolute atomic E-state index is 0.0267. The van der Waals surface area contributed by atoms with Crippen molar-refractivity contribution in [3.63, 3.8) is 0 Å². The fraction of sp³-hybridized carbons (Fsp3) is 0.235. The van der Waals surface area contributed by atoms with Crippen LogP contribution in [0.15, 0.2) is 53.4 Å². The second-order valence-electron chi connectivity index (χ2n) is 5.88. The molecular weight excluding hydrogens is 373 g/mol. The number of alkyl halides is 3. The van der Waals surface area contributed by atoms with Crippen LogP contribution >= 0.6 is 0 Å². The highest BCUT2D eigenvalue weighted by atomic mass is 32.2. The summed E-state index contributed by atoms with van der Waals surface area (Å²) in [6.45, 7) is 0.